The topological polar surface area (TPSA) is 101 Å². The minimum Gasteiger partial charge on any atom is -0.368 e. The van der Waals surface area contributed by atoms with Crippen molar-refractivity contribution in [1.82, 2.24) is 14.9 Å². The van der Waals surface area contributed by atoms with Gasteiger partial charge in [-0.1, -0.05) is 13.8 Å². The van der Waals surface area contributed by atoms with Crippen LogP contribution in [0.5, 0.6) is 0 Å². The molecule has 24 heavy (non-hydrogen) atoms. The molecule has 4 N–H and O–H groups in total. The van der Waals surface area contributed by atoms with E-state index >= 15 is 0 Å². The van der Waals surface area contributed by atoms with Crippen molar-refractivity contribution in [1.29, 1.82) is 0 Å². The Morgan fingerprint density at radius 3 is 2.50 bits per heavy atom. The van der Waals surface area contributed by atoms with Gasteiger partial charge in [0.2, 0.25) is 11.9 Å². The molecule has 0 aromatic carbocycles. The van der Waals surface area contributed by atoms with E-state index in [1.54, 1.807) is 0 Å². The highest BCUT2D eigenvalue weighted by molar-refractivity contribution is 5.76. The van der Waals surface area contributed by atoms with Crippen LogP contribution in [-0.4, -0.2) is 53.0 Å². The molecule has 0 unspecified atom stereocenters. The average molecular weight is 332 g/mol. The third-order valence-corrected chi connectivity index (χ3v) is 4.88. The SMILES string of the molecule is CC(C)CC(=O)N1CCN(c2cc(C3CC(N)C3)nc(N)n2)CC1. The molecule has 1 saturated carbocycles. The summed E-state index contributed by atoms with van der Waals surface area (Å²) in [4.78, 5) is 25.1. The Morgan fingerprint density at radius 1 is 1.25 bits per heavy atom. The molecule has 0 bridgehead atoms. The number of carbonyl (C=O) groups excluding carboxylic acids is 1. The van der Waals surface area contributed by atoms with Gasteiger partial charge in [0.15, 0.2) is 0 Å². The van der Waals surface area contributed by atoms with Gasteiger partial charge in [-0.15, -0.1) is 0 Å². The molecule has 2 aliphatic rings. The lowest BCUT2D eigenvalue weighted by Gasteiger charge is -2.36. The maximum absolute atomic E-state index is 12.2. The van der Waals surface area contributed by atoms with E-state index in [4.69, 9.17) is 11.5 Å². The molecule has 0 atom stereocenters. The largest absolute Gasteiger partial charge is 0.368 e. The second-order valence-corrected chi connectivity index (χ2v) is 7.40. The van der Waals surface area contributed by atoms with E-state index in [0.717, 1.165) is 50.5 Å². The highest BCUT2D eigenvalue weighted by atomic mass is 16.2. The number of aromatic nitrogens is 2. The molecule has 1 aliphatic heterocycles. The summed E-state index contributed by atoms with van der Waals surface area (Å²) < 4.78 is 0. The number of nitrogens with two attached hydrogens (primary N) is 2. The van der Waals surface area contributed by atoms with E-state index in [1.165, 1.54) is 0 Å². The van der Waals surface area contributed by atoms with Gasteiger partial charge < -0.3 is 21.3 Å². The molecule has 7 heteroatoms. The number of nitrogens with zero attached hydrogens (tertiary/aromatic N) is 4. The summed E-state index contributed by atoms with van der Waals surface area (Å²) in [5.41, 5.74) is 12.8. The van der Waals surface area contributed by atoms with E-state index in [2.05, 4.69) is 28.7 Å². The zero-order chi connectivity index (χ0) is 17.3. The van der Waals surface area contributed by atoms with Crippen LogP contribution in [0.4, 0.5) is 11.8 Å². The summed E-state index contributed by atoms with van der Waals surface area (Å²) in [6, 6.07) is 2.32. The van der Waals surface area contributed by atoms with Crippen LogP contribution in [0.1, 0.15) is 44.7 Å². The standard InChI is InChI=1S/C17H28N6O/c1-11(2)7-16(24)23-5-3-22(4-6-23)15-10-14(20-17(19)21-15)12-8-13(18)9-12/h10-13H,3-9,18H2,1-2H3,(H2,19,20,21). The van der Waals surface area contributed by atoms with Gasteiger partial charge in [0.25, 0.3) is 0 Å². The Bertz CT molecular complexity index is 591. The summed E-state index contributed by atoms with van der Waals surface area (Å²) in [6.45, 7) is 7.18. The van der Waals surface area contributed by atoms with Gasteiger partial charge in [-0.05, 0) is 18.8 Å². The number of piperazine rings is 1. The van der Waals surface area contributed by atoms with Crippen LogP contribution in [0.15, 0.2) is 6.07 Å². The first-order valence-corrected chi connectivity index (χ1v) is 8.85. The van der Waals surface area contributed by atoms with E-state index in [0.29, 0.717) is 24.2 Å². The zero-order valence-electron chi connectivity index (χ0n) is 14.6. The maximum atomic E-state index is 12.2. The van der Waals surface area contributed by atoms with Crippen LogP contribution in [0, 0.1) is 5.92 Å². The average Bonchev–Trinajstić information content (AvgIpc) is 2.50. The van der Waals surface area contributed by atoms with Crippen molar-refractivity contribution in [2.24, 2.45) is 11.7 Å². The number of anilines is 2. The van der Waals surface area contributed by atoms with Gasteiger partial charge in [0.05, 0.1) is 5.69 Å². The summed E-state index contributed by atoms with van der Waals surface area (Å²) in [7, 11) is 0. The van der Waals surface area contributed by atoms with Crippen molar-refractivity contribution in [3.63, 3.8) is 0 Å². The molecule has 1 aromatic rings. The van der Waals surface area contributed by atoms with Crippen LogP contribution in [0.25, 0.3) is 0 Å². The number of amides is 1. The molecule has 2 heterocycles. The quantitative estimate of drug-likeness (QED) is 0.851. The van der Waals surface area contributed by atoms with Crippen LogP contribution in [-0.2, 0) is 4.79 Å². The van der Waals surface area contributed by atoms with Crippen molar-refractivity contribution in [2.45, 2.75) is 45.1 Å². The molecule has 132 valence electrons. The Balaban J connectivity index is 1.63. The van der Waals surface area contributed by atoms with Gasteiger partial charge in [0, 0.05) is 50.6 Å². The third-order valence-electron chi connectivity index (χ3n) is 4.88. The molecule has 1 aliphatic carbocycles. The molecule has 0 radical (unpaired) electrons. The second-order valence-electron chi connectivity index (χ2n) is 7.40. The molecule has 1 saturated heterocycles. The second kappa shape index (κ2) is 6.93. The lowest BCUT2D eigenvalue weighted by atomic mass is 9.78. The number of nitrogen functional groups attached to an aromatic ring is 1. The summed E-state index contributed by atoms with van der Waals surface area (Å²) in [6.07, 6.45) is 2.55. The zero-order valence-corrected chi connectivity index (χ0v) is 14.6. The van der Waals surface area contributed by atoms with Crippen molar-refractivity contribution in [2.75, 3.05) is 36.8 Å². The number of hydrogen-bond acceptors (Lipinski definition) is 6. The molecular weight excluding hydrogens is 304 g/mol. The lowest BCUT2D eigenvalue weighted by Crippen LogP contribution is -2.49. The normalized spacial score (nSPS) is 24.2. The van der Waals surface area contributed by atoms with E-state index in [9.17, 15) is 4.79 Å². The van der Waals surface area contributed by atoms with E-state index in [1.807, 2.05) is 11.0 Å². The fourth-order valence-electron chi connectivity index (χ4n) is 3.41. The summed E-state index contributed by atoms with van der Waals surface area (Å²) >= 11 is 0. The maximum Gasteiger partial charge on any atom is 0.222 e. The van der Waals surface area contributed by atoms with Crippen molar-refractivity contribution < 1.29 is 4.79 Å². The van der Waals surface area contributed by atoms with Crippen molar-refractivity contribution >= 4 is 17.7 Å². The first kappa shape index (κ1) is 17.0. The highest BCUT2D eigenvalue weighted by Gasteiger charge is 2.30. The van der Waals surface area contributed by atoms with E-state index < -0.39 is 0 Å². The first-order chi connectivity index (χ1) is 11.4. The molecule has 1 aromatic heterocycles. The summed E-state index contributed by atoms with van der Waals surface area (Å²) in [5.74, 6) is 2.23. The van der Waals surface area contributed by atoms with Crippen LogP contribution < -0.4 is 16.4 Å². The molecule has 3 rings (SSSR count). The lowest BCUT2D eigenvalue weighted by molar-refractivity contribution is -0.132. The Morgan fingerprint density at radius 2 is 1.92 bits per heavy atom. The molecule has 7 nitrogen and oxygen atoms in total. The van der Waals surface area contributed by atoms with Gasteiger partial charge >= 0.3 is 0 Å². The Kier molecular flexibility index (Phi) is 4.89. The third kappa shape index (κ3) is 3.77. The van der Waals surface area contributed by atoms with Gasteiger partial charge in [-0.25, -0.2) is 4.98 Å². The molecule has 0 spiro atoms. The predicted molar refractivity (Wildman–Crippen MR) is 94.6 cm³/mol. The predicted octanol–water partition coefficient (Wildman–Crippen LogP) is 0.958. The molecular formula is C17H28N6O. The summed E-state index contributed by atoms with van der Waals surface area (Å²) in [5, 5.41) is 0. The van der Waals surface area contributed by atoms with Crippen molar-refractivity contribution in [3.05, 3.63) is 11.8 Å². The van der Waals surface area contributed by atoms with Gasteiger partial charge in [-0.2, -0.15) is 4.98 Å². The van der Waals surface area contributed by atoms with Crippen LogP contribution in [0.2, 0.25) is 0 Å². The monoisotopic (exact) mass is 332 g/mol. The fourth-order valence-corrected chi connectivity index (χ4v) is 3.41. The first-order valence-electron chi connectivity index (χ1n) is 8.85. The number of carbonyl (C=O) groups is 1. The van der Waals surface area contributed by atoms with Crippen molar-refractivity contribution in [3.8, 4) is 0 Å². The smallest absolute Gasteiger partial charge is 0.222 e. The van der Waals surface area contributed by atoms with Crippen LogP contribution in [0.3, 0.4) is 0 Å². The minimum atomic E-state index is 0.246. The Labute approximate surface area is 143 Å². The van der Waals surface area contributed by atoms with Gasteiger partial charge in [0.1, 0.15) is 5.82 Å². The fraction of sp³-hybridized carbons (Fsp3) is 0.706. The van der Waals surface area contributed by atoms with Gasteiger partial charge in [-0.3, -0.25) is 4.79 Å². The number of rotatable bonds is 4. The molecule has 1 amide bonds. The van der Waals surface area contributed by atoms with E-state index in [-0.39, 0.29) is 11.9 Å². The minimum absolute atomic E-state index is 0.246. The van der Waals surface area contributed by atoms with Crippen LogP contribution >= 0.6 is 0 Å². The highest BCUT2D eigenvalue weighted by Crippen LogP contribution is 2.35. The molecule has 2 fully saturated rings. The Hall–Kier alpha value is -1.89. The number of hydrogen-bond donors (Lipinski definition) is 2.